The van der Waals surface area contributed by atoms with E-state index in [-0.39, 0.29) is 0 Å². The van der Waals surface area contributed by atoms with Gasteiger partial charge in [-0.25, -0.2) is 0 Å². The Morgan fingerprint density at radius 2 is 1.63 bits per heavy atom. The van der Waals surface area contributed by atoms with Crippen molar-refractivity contribution >= 4 is 21.6 Å². The summed E-state index contributed by atoms with van der Waals surface area (Å²) in [6.07, 6.45) is 8.14. The number of hydrogen-bond donors (Lipinski definition) is 0. The van der Waals surface area contributed by atoms with Gasteiger partial charge in [-0.2, -0.15) is 0 Å². The minimum atomic E-state index is 0.894. The Labute approximate surface area is 167 Å². The van der Waals surface area contributed by atoms with Crippen LogP contribution in [-0.2, 0) is 13.0 Å². The lowest BCUT2D eigenvalue weighted by molar-refractivity contribution is 0.415. The Balaban J connectivity index is 1.68. The molecule has 0 aliphatic carbocycles. The molecule has 4 aromatic rings. The SMILES string of the molecule is COc1ccc(-c2cn3cc(-c4ccc(Br)cc4)c4c3n2CCCC4)cc1. The number of nitrogens with zero attached hydrogens (tertiary/aromatic N) is 2. The summed E-state index contributed by atoms with van der Waals surface area (Å²) in [6.45, 7) is 1.06. The maximum absolute atomic E-state index is 5.31. The van der Waals surface area contributed by atoms with E-state index in [0.717, 1.165) is 23.2 Å². The molecule has 3 heterocycles. The zero-order valence-electron chi connectivity index (χ0n) is 15.3. The van der Waals surface area contributed by atoms with Crippen LogP contribution in [0.4, 0.5) is 0 Å². The smallest absolute Gasteiger partial charge is 0.121 e. The number of hydrogen-bond acceptors (Lipinski definition) is 1. The summed E-state index contributed by atoms with van der Waals surface area (Å²) >= 11 is 3.54. The van der Waals surface area contributed by atoms with Gasteiger partial charge in [0, 0.05) is 34.5 Å². The predicted molar refractivity (Wildman–Crippen MR) is 113 cm³/mol. The van der Waals surface area contributed by atoms with E-state index in [0.29, 0.717) is 0 Å². The van der Waals surface area contributed by atoms with Crippen molar-refractivity contribution in [2.24, 2.45) is 0 Å². The van der Waals surface area contributed by atoms with Gasteiger partial charge in [-0.1, -0.05) is 28.1 Å². The largest absolute Gasteiger partial charge is 0.497 e. The average Bonchev–Trinajstić information content (AvgIpc) is 3.13. The first-order valence-electron chi connectivity index (χ1n) is 9.38. The molecule has 136 valence electrons. The van der Waals surface area contributed by atoms with Gasteiger partial charge in [0.1, 0.15) is 11.4 Å². The number of imidazole rings is 1. The number of methoxy groups -OCH3 is 1. The first-order valence-corrected chi connectivity index (χ1v) is 10.2. The van der Waals surface area contributed by atoms with E-state index < -0.39 is 0 Å². The molecule has 0 unspecified atom stereocenters. The second kappa shape index (κ2) is 6.61. The maximum atomic E-state index is 5.31. The first kappa shape index (κ1) is 16.7. The number of aromatic nitrogens is 2. The summed E-state index contributed by atoms with van der Waals surface area (Å²) in [5.41, 5.74) is 7.97. The molecular weight excluding hydrogens is 400 g/mol. The molecule has 0 spiro atoms. The molecule has 2 aromatic heterocycles. The number of aryl methyl sites for hydroxylation is 2. The fourth-order valence-electron chi connectivity index (χ4n) is 4.19. The van der Waals surface area contributed by atoms with Crippen molar-refractivity contribution in [3.05, 3.63) is 71.0 Å². The molecule has 0 saturated carbocycles. The van der Waals surface area contributed by atoms with E-state index in [9.17, 15) is 0 Å². The van der Waals surface area contributed by atoms with Gasteiger partial charge in [0.25, 0.3) is 0 Å². The zero-order chi connectivity index (χ0) is 18.4. The van der Waals surface area contributed by atoms with Crippen molar-refractivity contribution in [3.8, 4) is 28.1 Å². The Morgan fingerprint density at radius 3 is 2.37 bits per heavy atom. The molecule has 5 rings (SSSR count). The Kier molecular flexibility index (Phi) is 4.09. The second-order valence-corrected chi connectivity index (χ2v) is 8.03. The highest BCUT2D eigenvalue weighted by Crippen LogP contribution is 2.36. The summed E-state index contributed by atoms with van der Waals surface area (Å²) in [5.74, 6) is 0.894. The highest BCUT2D eigenvalue weighted by molar-refractivity contribution is 9.10. The number of rotatable bonds is 3. The average molecular weight is 421 g/mol. The van der Waals surface area contributed by atoms with Gasteiger partial charge >= 0.3 is 0 Å². The topological polar surface area (TPSA) is 18.6 Å². The molecule has 3 nitrogen and oxygen atoms in total. The number of benzene rings is 2. The molecule has 0 radical (unpaired) electrons. The molecule has 4 heteroatoms. The quantitative estimate of drug-likeness (QED) is 0.386. The Hall–Kier alpha value is -2.46. The molecule has 0 amide bonds. The Morgan fingerprint density at radius 1 is 0.889 bits per heavy atom. The summed E-state index contributed by atoms with van der Waals surface area (Å²) in [5, 5.41) is 0. The standard InChI is InChI=1S/C23H21BrN2O/c1-27-19-11-7-17(8-12-19)22-15-25-14-21(16-5-9-18(24)10-6-16)20-4-2-3-13-26(22)23(20)25/h5-12,14-15H,2-4,13H2,1H3. The molecule has 0 bridgehead atoms. The van der Waals surface area contributed by atoms with E-state index in [1.807, 2.05) is 12.1 Å². The minimum absolute atomic E-state index is 0.894. The van der Waals surface area contributed by atoms with Crippen LogP contribution in [0.25, 0.3) is 28.0 Å². The van der Waals surface area contributed by atoms with Crippen molar-refractivity contribution in [3.63, 3.8) is 0 Å². The van der Waals surface area contributed by atoms with Crippen LogP contribution in [0.5, 0.6) is 5.75 Å². The lowest BCUT2D eigenvalue weighted by Gasteiger charge is -2.09. The van der Waals surface area contributed by atoms with Gasteiger partial charge in [-0.15, -0.1) is 0 Å². The third-order valence-electron chi connectivity index (χ3n) is 5.52. The van der Waals surface area contributed by atoms with Crippen LogP contribution in [-0.4, -0.2) is 16.1 Å². The summed E-state index contributed by atoms with van der Waals surface area (Å²) < 4.78 is 11.2. The van der Waals surface area contributed by atoms with Gasteiger partial charge in [0.05, 0.1) is 12.8 Å². The van der Waals surface area contributed by atoms with Crippen LogP contribution in [0.2, 0.25) is 0 Å². The monoisotopic (exact) mass is 420 g/mol. The highest BCUT2D eigenvalue weighted by Gasteiger charge is 2.21. The molecule has 1 aliphatic rings. The first-order chi connectivity index (χ1) is 13.2. The van der Waals surface area contributed by atoms with E-state index in [4.69, 9.17) is 4.74 Å². The third-order valence-corrected chi connectivity index (χ3v) is 6.04. The predicted octanol–water partition coefficient (Wildman–Crippen LogP) is 6.18. The second-order valence-electron chi connectivity index (χ2n) is 7.11. The Bertz CT molecular complexity index is 1100. The van der Waals surface area contributed by atoms with Crippen LogP contribution in [0, 0.1) is 0 Å². The van der Waals surface area contributed by atoms with Gasteiger partial charge < -0.3 is 13.7 Å². The molecule has 27 heavy (non-hydrogen) atoms. The molecule has 0 N–H and O–H groups in total. The van der Waals surface area contributed by atoms with Crippen molar-refractivity contribution in [2.45, 2.75) is 25.8 Å². The maximum Gasteiger partial charge on any atom is 0.121 e. The van der Waals surface area contributed by atoms with Crippen LogP contribution < -0.4 is 4.74 Å². The minimum Gasteiger partial charge on any atom is -0.497 e. The molecule has 1 aliphatic heterocycles. The van der Waals surface area contributed by atoms with Gasteiger partial charge in [0.2, 0.25) is 0 Å². The van der Waals surface area contributed by atoms with E-state index in [1.54, 1.807) is 7.11 Å². The van der Waals surface area contributed by atoms with Gasteiger partial charge in [-0.3, -0.25) is 0 Å². The van der Waals surface area contributed by atoms with Crippen molar-refractivity contribution < 1.29 is 4.74 Å². The van der Waals surface area contributed by atoms with E-state index in [2.05, 4.69) is 73.7 Å². The third kappa shape index (κ3) is 2.79. The normalized spacial score (nSPS) is 13.7. The molecule has 0 fully saturated rings. The summed E-state index contributed by atoms with van der Waals surface area (Å²) in [4.78, 5) is 0. The number of ether oxygens (including phenoxy) is 1. The number of halogens is 1. The van der Waals surface area contributed by atoms with Gasteiger partial charge in [0.15, 0.2) is 0 Å². The molecule has 2 aromatic carbocycles. The van der Waals surface area contributed by atoms with E-state index in [1.165, 1.54) is 46.4 Å². The van der Waals surface area contributed by atoms with Crippen LogP contribution in [0.3, 0.4) is 0 Å². The summed E-state index contributed by atoms with van der Waals surface area (Å²) in [6, 6.07) is 17.0. The van der Waals surface area contributed by atoms with E-state index >= 15 is 0 Å². The van der Waals surface area contributed by atoms with Crippen LogP contribution >= 0.6 is 15.9 Å². The van der Waals surface area contributed by atoms with Crippen LogP contribution in [0.15, 0.2) is 65.4 Å². The lowest BCUT2D eigenvalue weighted by Crippen LogP contribution is -1.99. The fraction of sp³-hybridized carbons (Fsp3) is 0.217. The highest BCUT2D eigenvalue weighted by atomic mass is 79.9. The van der Waals surface area contributed by atoms with Crippen LogP contribution in [0.1, 0.15) is 18.4 Å². The molecular formula is C23H21BrN2O. The fourth-order valence-corrected chi connectivity index (χ4v) is 4.45. The lowest BCUT2D eigenvalue weighted by atomic mass is 10.0. The summed E-state index contributed by atoms with van der Waals surface area (Å²) in [7, 11) is 1.71. The van der Waals surface area contributed by atoms with Crippen molar-refractivity contribution in [1.29, 1.82) is 0 Å². The van der Waals surface area contributed by atoms with Crippen molar-refractivity contribution in [2.75, 3.05) is 7.11 Å². The van der Waals surface area contributed by atoms with Gasteiger partial charge in [-0.05, 0) is 66.8 Å². The molecule has 0 saturated heterocycles. The van der Waals surface area contributed by atoms with Crippen molar-refractivity contribution in [1.82, 2.24) is 8.97 Å². The molecule has 0 atom stereocenters. The zero-order valence-corrected chi connectivity index (χ0v) is 16.9.